The molecule has 1 aromatic carbocycles. The van der Waals surface area contributed by atoms with Gasteiger partial charge in [0.15, 0.2) is 6.10 Å². The van der Waals surface area contributed by atoms with Crippen LogP contribution in [0.2, 0.25) is 0 Å². The van der Waals surface area contributed by atoms with Gasteiger partial charge in [-0.05, 0) is 44.9 Å². The number of fused-ring (bicyclic) bond motifs is 1. The molecule has 2 N–H and O–H groups in total. The standard InChI is InChI=1S/C18H23N3O5/c1-3-25-17(23)12-5-4-8-21(10-12)18(24)19-13-6-7-15-14(9-13)20-16(22)11(2)26-15/h6-7,9,11-12H,3-5,8,10H2,1-2H3,(H,19,24)(H,20,22). The van der Waals surface area contributed by atoms with Crippen LogP contribution in [0.4, 0.5) is 16.2 Å². The predicted octanol–water partition coefficient (Wildman–Crippen LogP) is 2.21. The Morgan fingerprint density at radius 3 is 3.00 bits per heavy atom. The largest absolute Gasteiger partial charge is 0.479 e. The number of benzene rings is 1. The second kappa shape index (κ2) is 7.63. The fourth-order valence-corrected chi connectivity index (χ4v) is 3.10. The van der Waals surface area contributed by atoms with Gasteiger partial charge in [-0.1, -0.05) is 0 Å². The third-order valence-electron chi connectivity index (χ3n) is 4.49. The lowest BCUT2D eigenvalue weighted by atomic mass is 9.98. The molecule has 2 heterocycles. The van der Waals surface area contributed by atoms with Crippen LogP contribution in [0.1, 0.15) is 26.7 Å². The van der Waals surface area contributed by atoms with E-state index >= 15 is 0 Å². The molecule has 8 nitrogen and oxygen atoms in total. The van der Waals surface area contributed by atoms with Gasteiger partial charge in [-0.25, -0.2) is 4.79 Å². The van der Waals surface area contributed by atoms with Gasteiger partial charge < -0.3 is 25.0 Å². The van der Waals surface area contributed by atoms with E-state index in [0.29, 0.717) is 36.8 Å². The number of esters is 1. The number of hydrogen-bond acceptors (Lipinski definition) is 5. The summed E-state index contributed by atoms with van der Waals surface area (Å²) in [5.41, 5.74) is 1.07. The number of amides is 3. The molecule has 0 radical (unpaired) electrons. The lowest BCUT2D eigenvalue weighted by Crippen LogP contribution is -2.44. The Morgan fingerprint density at radius 2 is 2.23 bits per heavy atom. The monoisotopic (exact) mass is 361 g/mol. The third kappa shape index (κ3) is 3.89. The zero-order valence-electron chi connectivity index (χ0n) is 14.9. The molecule has 0 bridgehead atoms. The van der Waals surface area contributed by atoms with Crippen LogP contribution < -0.4 is 15.4 Å². The summed E-state index contributed by atoms with van der Waals surface area (Å²) in [6.45, 7) is 4.70. The fourth-order valence-electron chi connectivity index (χ4n) is 3.10. The molecule has 26 heavy (non-hydrogen) atoms. The molecule has 3 amide bonds. The van der Waals surface area contributed by atoms with Crippen LogP contribution >= 0.6 is 0 Å². The van der Waals surface area contributed by atoms with Gasteiger partial charge in [-0.3, -0.25) is 9.59 Å². The summed E-state index contributed by atoms with van der Waals surface area (Å²) in [5.74, 6) is -0.204. The molecule has 140 valence electrons. The van der Waals surface area contributed by atoms with Crippen molar-refractivity contribution in [1.29, 1.82) is 0 Å². The molecule has 0 spiro atoms. The summed E-state index contributed by atoms with van der Waals surface area (Å²) >= 11 is 0. The maximum absolute atomic E-state index is 12.5. The number of nitrogens with one attached hydrogen (secondary N) is 2. The van der Waals surface area contributed by atoms with Gasteiger partial charge in [0, 0.05) is 18.8 Å². The molecule has 2 aliphatic heterocycles. The first kappa shape index (κ1) is 18.0. The SMILES string of the molecule is CCOC(=O)C1CCCN(C(=O)Nc2ccc3c(c2)NC(=O)C(C)O3)C1. The van der Waals surface area contributed by atoms with Crippen molar-refractivity contribution in [2.75, 3.05) is 30.3 Å². The number of anilines is 2. The maximum atomic E-state index is 12.5. The predicted molar refractivity (Wildman–Crippen MR) is 95.1 cm³/mol. The van der Waals surface area contributed by atoms with Crippen LogP contribution in [0.3, 0.4) is 0 Å². The van der Waals surface area contributed by atoms with E-state index in [4.69, 9.17) is 9.47 Å². The average Bonchev–Trinajstić information content (AvgIpc) is 2.63. The first-order valence-electron chi connectivity index (χ1n) is 8.82. The highest BCUT2D eigenvalue weighted by Gasteiger charge is 2.30. The van der Waals surface area contributed by atoms with E-state index in [1.54, 1.807) is 36.9 Å². The summed E-state index contributed by atoms with van der Waals surface area (Å²) in [4.78, 5) is 37.8. The van der Waals surface area contributed by atoms with Gasteiger partial charge in [0.05, 0.1) is 18.2 Å². The summed E-state index contributed by atoms with van der Waals surface area (Å²) in [6, 6.07) is 4.80. The zero-order valence-corrected chi connectivity index (χ0v) is 14.9. The van der Waals surface area contributed by atoms with Crippen LogP contribution in [0.5, 0.6) is 5.75 Å². The van der Waals surface area contributed by atoms with E-state index in [-0.39, 0.29) is 23.8 Å². The fraction of sp³-hybridized carbons (Fsp3) is 0.500. The van der Waals surface area contributed by atoms with E-state index in [2.05, 4.69) is 10.6 Å². The number of carbonyl (C=O) groups excluding carboxylic acids is 3. The molecular formula is C18H23N3O5. The van der Waals surface area contributed by atoms with Crippen molar-refractivity contribution < 1.29 is 23.9 Å². The van der Waals surface area contributed by atoms with E-state index in [1.807, 2.05) is 0 Å². The van der Waals surface area contributed by atoms with Crippen molar-refractivity contribution in [3.8, 4) is 5.75 Å². The average molecular weight is 361 g/mol. The molecule has 8 heteroatoms. The second-order valence-electron chi connectivity index (χ2n) is 6.43. The second-order valence-corrected chi connectivity index (χ2v) is 6.43. The van der Waals surface area contributed by atoms with Crippen molar-refractivity contribution in [2.24, 2.45) is 5.92 Å². The Kier molecular flexibility index (Phi) is 5.29. The normalized spacial score (nSPS) is 21.9. The van der Waals surface area contributed by atoms with E-state index in [9.17, 15) is 14.4 Å². The van der Waals surface area contributed by atoms with Gasteiger partial charge >= 0.3 is 12.0 Å². The molecular weight excluding hydrogens is 338 g/mol. The zero-order chi connectivity index (χ0) is 18.7. The molecule has 1 aromatic rings. The Labute approximate surface area is 151 Å². The Morgan fingerprint density at radius 1 is 1.42 bits per heavy atom. The first-order valence-corrected chi connectivity index (χ1v) is 8.82. The number of urea groups is 1. The summed E-state index contributed by atoms with van der Waals surface area (Å²) in [6.07, 6.45) is 0.933. The van der Waals surface area contributed by atoms with Crippen LogP contribution in [-0.4, -0.2) is 48.6 Å². The van der Waals surface area contributed by atoms with Crippen molar-refractivity contribution in [3.63, 3.8) is 0 Å². The maximum Gasteiger partial charge on any atom is 0.321 e. The smallest absolute Gasteiger partial charge is 0.321 e. The van der Waals surface area contributed by atoms with Crippen LogP contribution in [-0.2, 0) is 14.3 Å². The van der Waals surface area contributed by atoms with Gasteiger partial charge in [0.1, 0.15) is 5.75 Å². The van der Waals surface area contributed by atoms with E-state index in [1.165, 1.54) is 0 Å². The van der Waals surface area contributed by atoms with Crippen molar-refractivity contribution in [2.45, 2.75) is 32.8 Å². The molecule has 2 unspecified atom stereocenters. The molecule has 1 saturated heterocycles. The highest BCUT2D eigenvalue weighted by Crippen LogP contribution is 2.32. The molecule has 0 aromatic heterocycles. The molecule has 1 fully saturated rings. The highest BCUT2D eigenvalue weighted by molar-refractivity contribution is 5.99. The number of hydrogen-bond donors (Lipinski definition) is 2. The minimum absolute atomic E-state index is 0.228. The topological polar surface area (TPSA) is 97.0 Å². The van der Waals surface area contributed by atoms with Crippen LogP contribution in [0.25, 0.3) is 0 Å². The molecule has 0 saturated carbocycles. The lowest BCUT2D eigenvalue weighted by Gasteiger charge is -2.31. The number of rotatable bonds is 3. The number of likely N-dealkylation sites (tertiary alicyclic amines) is 1. The molecule has 2 atom stereocenters. The van der Waals surface area contributed by atoms with Gasteiger partial charge in [0.2, 0.25) is 0 Å². The molecule has 3 rings (SSSR count). The van der Waals surface area contributed by atoms with Gasteiger partial charge in [-0.15, -0.1) is 0 Å². The van der Waals surface area contributed by atoms with Crippen molar-refractivity contribution in [1.82, 2.24) is 4.90 Å². The van der Waals surface area contributed by atoms with Crippen LogP contribution in [0, 0.1) is 5.92 Å². The van der Waals surface area contributed by atoms with Gasteiger partial charge in [0.25, 0.3) is 5.91 Å². The number of nitrogens with zero attached hydrogens (tertiary/aromatic N) is 1. The number of ether oxygens (including phenoxy) is 2. The quantitative estimate of drug-likeness (QED) is 0.805. The summed E-state index contributed by atoms with van der Waals surface area (Å²) in [5, 5.41) is 5.56. The van der Waals surface area contributed by atoms with E-state index in [0.717, 1.165) is 12.8 Å². The first-order chi connectivity index (χ1) is 12.5. The van der Waals surface area contributed by atoms with E-state index < -0.39 is 6.10 Å². The van der Waals surface area contributed by atoms with Crippen molar-refractivity contribution >= 4 is 29.3 Å². The summed E-state index contributed by atoms with van der Waals surface area (Å²) < 4.78 is 10.6. The Balaban J connectivity index is 1.64. The van der Waals surface area contributed by atoms with Crippen molar-refractivity contribution in [3.05, 3.63) is 18.2 Å². The number of piperidine rings is 1. The minimum atomic E-state index is -0.545. The lowest BCUT2D eigenvalue weighted by molar-refractivity contribution is -0.149. The van der Waals surface area contributed by atoms with Gasteiger partial charge in [-0.2, -0.15) is 0 Å². The highest BCUT2D eigenvalue weighted by atomic mass is 16.5. The minimum Gasteiger partial charge on any atom is -0.479 e. The molecule has 0 aliphatic carbocycles. The number of carbonyl (C=O) groups is 3. The third-order valence-corrected chi connectivity index (χ3v) is 4.49. The molecule has 2 aliphatic rings. The Bertz CT molecular complexity index is 721. The summed E-state index contributed by atoms with van der Waals surface area (Å²) in [7, 11) is 0. The van der Waals surface area contributed by atoms with Crippen LogP contribution in [0.15, 0.2) is 18.2 Å². The Hall–Kier alpha value is -2.77.